The lowest BCUT2D eigenvalue weighted by molar-refractivity contribution is -0.138. The zero-order chi connectivity index (χ0) is 12.3. The van der Waals surface area contributed by atoms with Gasteiger partial charge in [0, 0.05) is 17.3 Å². The topological polar surface area (TPSA) is 40.5 Å². The van der Waals surface area contributed by atoms with Gasteiger partial charge in [-0.05, 0) is 38.5 Å². The first-order valence-corrected chi connectivity index (χ1v) is 5.60. The molecule has 0 unspecified atom stereocenters. The van der Waals surface area contributed by atoms with E-state index in [0.717, 1.165) is 11.3 Å². The van der Waals surface area contributed by atoms with Gasteiger partial charge in [-0.1, -0.05) is 17.7 Å². The minimum Gasteiger partial charge on any atom is -0.480 e. The molecule has 0 bridgehead atoms. The van der Waals surface area contributed by atoms with Gasteiger partial charge in [-0.15, -0.1) is 0 Å². The van der Waals surface area contributed by atoms with Crippen LogP contribution in [0.2, 0.25) is 5.02 Å². The van der Waals surface area contributed by atoms with E-state index in [1.807, 2.05) is 26.0 Å². The Morgan fingerprint density at radius 2 is 2.19 bits per heavy atom. The van der Waals surface area contributed by atoms with Crippen LogP contribution in [0.3, 0.4) is 0 Å². The summed E-state index contributed by atoms with van der Waals surface area (Å²) in [6.45, 7) is 6.14. The van der Waals surface area contributed by atoms with Crippen LogP contribution in [0, 0.1) is 6.92 Å². The molecule has 1 rings (SSSR count). The summed E-state index contributed by atoms with van der Waals surface area (Å²) < 4.78 is 0. The molecule has 0 spiro atoms. The number of aliphatic carboxylic acids is 1. The number of aryl methyl sites for hydroxylation is 1. The SMILES string of the molecule is CCN(c1ccc(C)c(Cl)c1)[C@@H](C)C(=O)O. The number of carbonyl (C=O) groups is 1. The van der Waals surface area contributed by atoms with E-state index >= 15 is 0 Å². The summed E-state index contributed by atoms with van der Waals surface area (Å²) in [5, 5.41) is 9.65. The molecule has 0 aliphatic heterocycles. The number of carboxylic acid groups (broad SMARTS) is 1. The van der Waals surface area contributed by atoms with Crippen LogP contribution in [0.1, 0.15) is 19.4 Å². The summed E-state index contributed by atoms with van der Waals surface area (Å²) >= 11 is 6.03. The quantitative estimate of drug-likeness (QED) is 0.881. The minimum atomic E-state index is -0.835. The predicted molar refractivity (Wildman–Crippen MR) is 66.3 cm³/mol. The van der Waals surface area contributed by atoms with Crippen molar-refractivity contribution in [2.24, 2.45) is 0 Å². The Kier molecular flexibility index (Phi) is 4.19. The van der Waals surface area contributed by atoms with Crippen LogP contribution in [-0.4, -0.2) is 23.7 Å². The van der Waals surface area contributed by atoms with E-state index in [0.29, 0.717) is 11.6 Å². The second-order valence-electron chi connectivity index (χ2n) is 3.73. The van der Waals surface area contributed by atoms with Crippen molar-refractivity contribution in [2.45, 2.75) is 26.8 Å². The third-order valence-electron chi connectivity index (χ3n) is 2.65. The summed E-state index contributed by atoms with van der Waals surface area (Å²) in [6.07, 6.45) is 0. The highest BCUT2D eigenvalue weighted by atomic mass is 35.5. The molecule has 0 aliphatic carbocycles. The Balaban J connectivity index is 3.04. The van der Waals surface area contributed by atoms with Crippen LogP contribution in [-0.2, 0) is 4.79 Å². The smallest absolute Gasteiger partial charge is 0.326 e. The van der Waals surface area contributed by atoms with Gasteiger partial charge in [-0.3, -0.25) is 0 Å². The van der Waals surface area contributed by atoms with Gasteiger partial charge in [0.2, 0.25) is 0 Å². The number of anilines is 1. The van der Waals surface area contributed by atoms with Crippen LogP contribution in [0.15, 0.2) is 18.2 Å². The zero-order valence-electron chi connectivity index (χ0n) is 9.70. The minimum absolute atomic E-state index is 0.552. The van der Waals surface area contributed by atoms with Crippen LogP contribution in [0.25, 0.3) is 0 Å². The first kappa shape index (κ1) is 12.8. The molecule has 4 heteroatoms. The molecule has 0 fully saturated rings. The van der Waals surface area contributed by atoms with Gasteiger partial charge in [0.15, 0.2) is 0 Å². The Morgan fingerprint density at radius 1 is 1.56 bits per heavy atom. The number of hydrogen-bond donors (Lipinski definition) is 1. The maximum atomic E-state index is 11.0. The fraction of sp³-hybridized carbons (Fsp3) is 0.417. The lowest BCUT2D eigenvalue weighted by atomic mass is 10.2. The first-order chi connectivity index (χ1) is 7.47. The van der Waals surface area contributed by atoms with Crippen LogP contribution >= 0.6 is 11.6 Å². The molecular formula is C12H16ClNO2. The van der Waals surface area contributed by atoms with Gasteiger partial charge in [0.1, 0.15) is 6.04 Å². The van der Waals surface area contributed by atoms with E-state index in [-0.39, 0.29) is 0 Å². The van der Waals surface area contributed by atoms with Gasteiger partial charge >= 0.3 is 5.97 Å². The number of carboxylic acids is 1. The van der Waals surface area contributed by atoms with Crippen molar-refractivity contribution in [2.75, 3.05) is 11.4 Å². The van der Waals surface area contributed by atoms with E-state index in [9.17, 15) is 4.79 Å². The molecule has 0 saturated heterocycles. The van der Waals surface area contributed by atoms with Crippen molar-refractivity contribution >= 4 is 23.3 Å². The van der Waals surface area contributed by atoms with Gasteiger partial charge in [0.25, 0.3) is 0 Å². The molecule has 1 aromatic carbocycles. The molecule has 0 heterocycles. The average molecular weight is 242 g/mol. The number of hydrogen-bond acceptors (Lipinski definition) is 2. The fourth-order valence-corrected chi connectivity index (χ4v) is 1.75. The Bertz CT molecular complexity index is 393. The zero-order valence-corrected chi connectivity index (χ0v) is 10.5. The van der Waals surface area contributed by atoms with Crippen LogP contribution in [0.4, 0.5) is 5.69 Å². The van der Waals surface area contributed by atoms with E-state index in [4.69, 9.17) is 16.7 Å². The monoisotopic (exact) mass is 241 g/mol. The van der Waals surface area contributed by atoms with Crippen LogP contribution in [0.5, 0.6) is 0 Å². The molecule has 16 heavy (non-hydrogen) atoms. The molecule has 1 atom stereocenters. The lowest BCUT2D eigenvalue weighted by Gasteiger charge is -2.27. The highest BCUT2D eigenvalue weighted by molar-refractivity contribution is 6.31. The summed E-state index contributed by atoms with van der Waals surface area (Å²) in [4.78, 5) is 12.7. The molecular weight excluding hydrogens is 226 g/mol. The fourth-order valence-electron chi connectivity index (χ4n) is 1.57. The van der Waals surface area contributed by atoms with Crippen molar-refractivity contribution in [3.63, 3.8) is 0 Å². The molecule has 88 valence electrons. The van der Waals surface area contributed by atoms with Gasteiger partial charge in [-0.25, -0.2) is 4.79 Å². The predicted octanol–water partition coefficient (Wildman–Crippen LogP) is 2.95. The van der Waals surface area contributed by atoms with Crippen molar-refractivity contribution in [1.82, 2.24) is 0 Å². The van der Waals surface area contributed by atoms with Gasteiger partial charge in [0.05, 0.1) is 0 Å². The molecule has 0 amide bonds. The number of rotatable bonds is 4. The molecule has 0 radical (unpaired) electrons. The van der Waals surface area contributed by atoms with Crippen molar-refractivity contribution in [3.8, 4) is 0 Å². The van der Waals surface area contributed by atoms with E-state index in [1.165, 1.54) is 0 Å². The Hall–Kier alpha value is -1.22. The standard InChI is InChI=1S/C12H16ClNO2/c1-4-14(9(3)12(15)16)10-6-5-8(2)11(13)7-10/h5-7,9H,4H2,1-3H3,(H,15,16)/t9-/m0/s1. The lowest BCUT2D eigenvalue weighted by Crippen LogP contribution is -2.38. The molecule has 1 aromatic rings. The highest BCUT2D eigenvalue weighted by Crippen LogP contribution is 2.24. The summed E-state index contributed by atoms with van der Waals surface area (Å²) in [5.74, 6) is -0.835. The average Bonchev–Trinajstić information content (AvgIpc) is 2.24. The number of halogens is 1. The Morgan fingerprint density at radius 3 is 2.62 bits per heavy atom. The molecule has 0 aliphatic rings. The van der Waals surface area contributed by atoms with Crippen molar-refractivity contribution in [1.29, 1.82) is 0 Å². The third kappa shape index (κ3) is 2.67. The highest BCUT2D eigenvalue weighted by Gasteiger charge is 2.19. The second kappa shape index (κ2) is 5.21. The summed E-state index contributed by atoms with van der Waals surface area (Å²) in [6, 6.07) is 5.04. The van der Waals surface area contributed by atoms with E-state index in [1.54, 1.807) is 17.9 Å². The Labute approximate surface area is 101 Å². The second-order valence-corrected chi connectivity index (χ2v) is 4.14. The van der Waals surface area contributed by atoms with Crippen molar-refractivity contribution < 1.29 is 9.90 Å². The number of benzene rings is 1. The molecule has 0 saturated carbocycles. The maximum absolute atomic E-state index is 11.0. The summed E-state index contributed by atoms with van der Waals surface area (Å²) in [7, 11) is 0. The third-order valence-corrected chi connectivity index (χ3v) is 3.06. The van der Waals surface area contributed by atoms with Gasteiger partial charge in [-0.2, -0.15) is 0 Å². The molecule has 3 nitrogen and oxygen atoms in total. The molecule has 1 N–H and O–H groups in total. The van der Waals surface area contributed by atoms with E-state index < -0.39 is 12.0 Å². The largest absolute Gasteiger partial charge is 0.480 e. The van der Waals surface area contributed by atoms with Crippen molar-refractivity contribution in [3.05, 3.63) is 28.8 Å². The summed E-state index contributed by atoms with van der Waals surface area (Å²) in [5.41, 5.74) is 1.83. The van der Waals surface area contributed by atoms with Crippen LogP contribution < -0.4 is 4.90 Å². The maximum Gasteiger partial charge on any atom is 0.326 e. The van der Waals surface area contributed by atoms with E-state index in [2.05, 4.69) is 0 Å². The molecule has 0 aromatic heterocycles. The number of likely N-dealkylation sites (N-methyl/N-ethyl adjacent to an activating group) is 1. The first-order valence-electron chi connectivity index (χ1n) is 5.23. The normalized spacial score (nSPS) is 12.2. The van der Waals surface area contributed by atoms with Gasteiger partial charge < -0.3 is 10.0 Å². The number of nitrogens with zero attached hydrogens (tertiary/aromatic N) is 1.